The topological polar surface area (TPSA) is 309 Å². The van der Waals surface area contributed by atoms with Crippen molar-refractivity contribution in [2.24, 2.45) is 52.7 Å². The van der Waals surface area contributed by atoms with Crippen LogP contribution >= 0.6 is 0 Å². The molecule has 1 aliphatic rings. The molecule has 358 valence electrons. The summed E-state index contributed by atoms with van der Waals surface area (Å²) in [6.45, 7) is 11.7. The van der Waals surface area contributed by atoms with E-state index in [1.807, 2.05) is 58.0 Å². The number of ether oxygens (including phenoxy) is 1. The summed E-state index contributed by atoms with van der Waals surface area (Å²) < 4.78 is 5.54. The molecule has 1 aromatic rings. The summed E-state index contributed by atoms with van der Waals surface area (Å²) in [7, 11) is 0. The van der Waals surface area contributed by atoms with Crippen molar-refractivity contribution in [1.29, 1.82) is 0 Å². The van der Waals surface area contributed by atoms with Crippen LogP contribution in [-0.2, 0) is 54.3 Å². The van der Waals surface area contributed by atoms with Gasteiger partial charge in [0.25, 0.3) is 5.91 Å². The van der Waals surface area contributed by atoms with Crippen LogP contribution in [0.15, 0.2) is 30.3 Å². The number of aliphatic hydroxyl groups is 1. The van der Waals surface area contributed by atoms with Gasteiger partial charge in [-0.1, -0.05) is 78.3 Å². The predicted molar refractivity (Wildman–Crippen MR) is 238 cm³/mol. The third-order valence-electron chi connectivity index (χ3n) is 11.1. The van der Waals surface area contributed by atoms with E-state index in [-0.39, 0.29) is 62.7 Å². The van der Waals surface area contributed by atoms with E-state index in [1.165, 1.54) is 6.92 Å². The van der Waals surface area contributed by atoms with Crippen molar-refractivity contribution in [2.75, 3.05) is 13.2 Å². The lowest BCUT2D eigenvalue weighted by atomic mass is 9.88. The number of nitrogens with two attached hydrogens (primary N) is 3. The Bertz CT molecular complexity index is 1760. The zero-order valence-corrected chi connectivity index (χ0v) is 38.6. The van der Waals surface area contributed by atoms with Crippen molar-refractivity contribution in [3.63, 3.8) is 0 Å². The number of ketones is 3. The molecule has 64 heavy (non-hydrogen) atoms. The van der Waals surface area contributed by atoms with Gasteiger partial charge in [0, 0.05) is 31.1 Å². The Morgan fingerprint density at radius 3 is 2.02 bits per heavy atom. The van der Waals surface area contributed by atoms with Gasteiger partial charge < -0.3 is 48.3 Å². The number of hydrogen-bond donors (Lipinski definition) is 8. The predicted octanol–water partition coefficient (Wildman–Crippen LogP) is 0.912. The Balaban J connectivity index is 2.42. The highest BCUT2D eigenvalue weighted by Crippen LogP contribution is 2.23. The Labute approximate surface area is 377 Å². The second kappa shape index (κ2) is 27.3. The van der Waals surface area contributed by atoms with Crippen molar-refractivity contribution in [3.8, 4) is 0 Å². The first-order chi connectivity index (χ1) is 30.1. The van der Waals surface area contributed by atoms with Crippen LogP contribution in [0.25, 0.3) is 0 Å². The van der Waals surface area contributed by atoms with E-state index < -0.39 is 120 Å². The van der Waals surface area contributed by atoms with E-state index in [9.17, 15) is 48.3 Å². The molecular weight excluding hydrogens is 827 g/mol. The molecule has 18 heteroatoms. The molecule has 1 saturated heterocycles. The monoisotopic (exact) mass is 900 g/mol. The zero-order valence-electron chi connectivity index (χ0n) is 38.6. The average Bonchev–Trinajstić information content (AvgIpc) is 3.22. The fourth-order valence-corrected chi connectivity index (χ4v) is 7.64. The molecule has 0 unspecified atom stereocenters. The molecule has 1 aromatic carbocycles. The molecule has 0 spiro atoms. The summed E-state index contributed by atoms with van der Waals surface area (Å²) in [5.41, 5.74) is 18.5. The highest BCUT2D eigenvalue weighted by molar-refractivity contribution is 6.00. The minimum Gasteiger partial charge on any atom is -0.450 e. The minimum absolute atomic E-state index is 0.0137. The number of benzene rings is 1. The number of nitrogens with one attached hydrogen (secondary N) is 4. The summed E-state index contributed by atoms with van der Waals surface area (Å²) in [6, 6.07) is 3.00. The van der Waals surface area contributed by atoms with E-state index in [0.717, 1.165) is 5.56 Å². The van der Waals surface area contributed by atoms with Gasteiger partial charge in [-0.2, -0.15) is 0 Å². The maximum absolute atomic E-state index is 14.0. The maximum atomic E-state index is 14.0. The highest BCUT2D eigenvalue weighted by Gasteiger charge is 2.42. The first kappa shape index (κ1) is 55.1. The number of esters is 1. The number of rotatable bonds is 24. The first-order valence-electron chi connectivity index (χ1n) is 22.5. The molecule has 9 atom stereocenters. The lowest BCUT2D eigenvalue weighted by molar-refractivity contribution is -0.164. The number of amides is 5. The molecule has 0 radical (unpaired) electrons. The van der Waals surface area contributed by atoms with E-state index in [1.54, 1.807) is 13.8 Å². The number of Topliss-reactive ketones (excluding diaryl/α,β-unsaturated/α-hetero) is 3. The number of hydrogen-bond acceptors (Lipinski definition) is 13. The van der Waals surface area contributed by atoms with Crippen molar-refractivity contribution in [3.05, 3.63) is 35.9 Å². The Morgan fingerprint density at radius 2 is 1.45 bits per heavy atom. The smallest absolute Gasteiger partial charge is 0.329 e. The molecule has 11 N–H and O–H groups in total. The Kier molecular flexibility index (Phi) is 23.5. The number of unbranched alkanes of at least 4 members (excludes halogenated alkanes) is 1. The van der Waals surface area contributed by atoms with Gasteiger partial charge in [-0.3, -0.25) is 38.4 Å². The van der Waals surface area contributed by atoms with Crippen molar-refractivity contribution in [2.45, 2.75) is 149 Å². The highest BCUT2D eigenvalue weighted by atomic mass is 16.6. The number of primary amides is 1. The molecule has 1 fully saturated rings. The van der Waals surface area contributed by atoms with Crippen molar-refractivity contribution >= 4 is 52.9 Å². The molecule has 0 aromatic heterocycles. The summed E-state index contributed by atoms with van der Waals surface area (Å²) >= 11 is 0. The Hall–Kier alpha value is -5.07. The third-order valence-corrected chi connectivity index (χ3v) is 11.1. The minimum atomic E-state index is -2.08. The molecule has 1 heterocycles. The van der Waals surface area contributed by atoms with Crippen LogP contribution in [0.4, 0.5) is 0 Å². The number of carbonyl (C=O) groups is 9. The molecular formula is C46H73N7O11. The molecule has 0 bridgehead atoms. The van der Waals surface area contributed by atoms with Crippen LogP contribution in [0.5, 0.6) is 0 Å². The fraction of sp³-hybridized carbons (Fsp3) is 0.674. The van der Waals surface area contributed by atoms with Crippen LogP contribution in [0.3, 0.4) is 0 Å². The lowest BCUT2D eigenvalue weighted by Crippen LogP contribution is -2.53. The molecule has 18 nitrogen and oxygen atoms in total. The standard InChI is InChI=1S/C46H73N7O11/c1-25(2)17-31-22-37(55)28(7)50-44(61)32(40(41(49)58)64-46(63)35(19-27(5)6)52-43(31)60)23-39(57)36(24-54)53-42(59)30(15-11-12-16-47)21-38(56)34(18-26(3)4)51-45(62)33(48)20-29-13-9-8-10-14-29/h8-10,13-14,25-28,30-36,40,54H,11-12,15-24,47-48H2,1-7H3,(H2,49,58)(H,50,61)(H,51,62)(H,52,60)(H,53,59)/t28-,30-,31-,32+,33-,34-,35-,36-,40-/m1/s1. The van der Waals surface area contributed by atoms with Gasteiger partial charge in [0.15, 0.2) is 23.5 Å². The summed E-state index contributed by atoms with van der Waals surface area (Å²) in [5, 5.41) is 20.8. The summed E-state index contributed by atoms with van der Waals surface area (Å²) in [5.74, 6) is -11.3. The Morgan fingerprint density at radius 1 is 0.828 bits per heavy atom. The summed E-state index contributed by atoms with van der Waals surface area (Å²) in [4.78, 5) is 123. The van der Waals surface area contributed by atoms with E-state index in [4.69, 9.17) is 21.9 Å². The molecule has 5 amide bonds. The van der Waals surface area contributed by atoms with Crippen LogP contribution in [0.1, 0.15) is 112 Å². The van der Waals surface area contributed by atoms with E-state index in [2.05, 4.69) is 21.3 Å². The average molecular weight is 900 g/mol. The SMILES string of the molecule is CC(C)C[C@@H]1CC(=O)[C@@H](C)NC(=O)[C@@H](CC(=O)[C@@H](CO)NC(=O)[C@H](CCCCN)CC(=O)[C@@H](CC(C)C)NC(=O)[C@H](N)Cc2ccccc2)[C@H](C(N)=O)OC(=O)[C@@H](CC(C)C)NC1=O. The largest absolute Gasteiger partial charge is 0.450 e. The number of carbonyl (C=O) groups excluding carboxylic acids is 9. The van der Waals surface area contributed by atoms with Crippen LogP contribution in [0.2, 0.25) is 0 Å². The quantitative estimate of drug-likeness (QED) is 0.0529. The number of cyclic esters (lactones) is 1. The van der Waals surface area contributed by atoms with E-state index in [0.29, 0.717) is 19.4 Å². The molecule has 0 saturated carbocycles. The second-order valence-electron chi connectivity index (χ2n) is 18.3. The summed E-state index contributed by atoms with van der Waals surface area (Å²) in [6.07, 6.45) is -1.71. The molecule has 2 rings (SSSR count). The van der Waals surface area contributed by atoms with Gasteiger partial charge in [-0.25, -0.2) is 4.79 Å². The van der Waals surface area contributed by atoms with E-state index >= 15 is 0 Å². The van der Waals surface area contributed by atoms with Crippen LogP contribution < -0.4 is 38.5 Å². The van der Waals surface area contributed by atoms with Gasteiger partial charge in [-0.05, 0) is 75.3 Å². The van der Waals surface area contributed by atoms with Crippen LogP contribution in [0, 0.1) is 35.5 Å². The number of aliphatic hydroxyl groups excluding tert-OH is 1. The normalized spacial score (nSPS) is 21.9. The van der Waals surface area contributed by atoms with Gasteiger partial charge in [0.1, 0.15) is 12.1 Å². The molecule has 1 aliphatic heterocycles. The zero-order chi connectivity index (χ0) is 48.3. The third kappa shape index (κ3) is 18.6. The van der Waals surface area contributed by atoms with Crippen LogP contribution in [-0.4, -0.2) is 107 Å². The van der Waals surface area contributed by atoms with Gasteiger partial charge >= 0.3 is 5.97 Å². The first-order valence-corrected chi connectivity index (χ1v) is 22.5. The lowest BCUT2D eigenvalue weighted by Gasteiger charge is -2.28. The van der Waals surface area contributed by atoms with Crippen molar-refractivity contribution < 1.29 is 53.0 Å². The van der Waals surface area contributed by atoms with Gasteiger partial charge in [0.05, 0.1) is 30.7 Å². The molecule has 0 aliphatic carbocycles. The second-order valence-corrected chi connectivity index (χ2v) is 18.3. The van der Waals surface area contributed by atoms with Crippen molar-refractivity contribution in [1.82, 2.24) is 21.3 Å². The maximum Gasteiger partial charge on any atom is 0.329 e. The van der Waals surface area contributed by atoms with Gasteiger partial charge in [0.2, 0.25) is 23.6 Å². The van der Waals surface area contributed by atoms with Gasteiger partial charge in [-0.15, -0.1) is 0 Å². The fourth-order valence-electron chi connectivity index (χ4n) is 7.64.